The fourth-order valence-corrected chi connectivity index (χ4v) is 2.48. The molecule has 2 atom stereocenters. The standard InChI is InChI=1S/C14H29N3O.ClH/c1-11(12(2)15)14(18)17(10-9-16(3)4)13-7-5-6-8-13;/h11-13H,5-10,15H2,1-4H3;1H. The normalized spacial score (nSPS) is 19.1. The van der Waals surface area contributed by atoms with Crippen molar-refractivity contribution in [1.82, 2.24) is 9.80 Å². The molecule has 1 saturated carbocycles. The van der Waals surface area contributed by atoms with Crippen molar-refractivity contribution in [3.8, 4) is 0 Å². The Bertz CT molecular complexity index is 265. The van der Waals surface area contributed by atoms with Crippen LogP contribution >= 0.6 is 12.4 Å². The van der Waals surface area contributed by atoms with Crippen LogP contribution in [0.2, 0.25) is 0 Å². The average molecular weight is 292 g/mol. The molecular weight excluding hydrogens is 262 g/mol. The topological polar surface area (TPSA) is 49.6 Å². The second kappa shape index (κ2) is 8.77. The zero-order valence-electron chi connectivity index (χ0n) is 12.8. The third-order valence-corrected chi connectivity index (χ3v) is 4.01. The highest BCUT2D eigenvalue weighted by Crippen LogP contribution is 2.25. The van der Waals surface area contributed by atoms with Crippen LogP contribution in [-0.4, -0.2) is 55.0 Å². The first-order valence-corrected chi connectivity index (χ1v) is 7.14. The van der Waals surface area contributed by atoms with E-state index < -0.39 is 0 Å². The van der Waals surface area contributed by atoms with Crippen molar-refractivity contribution in [2.24, 2.45) is 11.7 Å². The molecule has 19 heavy (non-hydrogen) atoms. The third kappa shape index (κ3) is 5.67. The lowest BCUT2D eigenvalue weighted by atomic mass is 10.0. The summed E-state index contributed by atoms with van der Waals surface area (Å²) in [6.07, 6.45) is 4.82. The van der Waals surface area contributed by atoms with Gasteiger partial charge in [0, 0.05) is 25.2 Å². The van der Waals surface area contributed by atoms with Crippen molar-refractivity contribution < 1.29 is 4.79 Å². The summed E-state index contributed by atoms with van der Waals surface area (Å²) < 4.78 is 0. The van der Waals surface area contributed by atoms with Gasteiger partial charge in [0.05, 0.1) is 5.92 Å². The minimum Gasteiger partial charge on any atom is -0.338 e. The quantitative estimate of drug-likeness (QED) is 0.811. The second-order valence-corrected chi connectivity index (χ2v) is 5.92. The lowest BCUT2D eigenvalue weighted by Crippen LogP contribution is -2.48. The molecule has 0 aromatic rings. The van der Waals surface area contributed by atoms with Gasteiger partial charge in [-0.15, -0.1) is 12.4 Å². The van der Waals surface area contributed by atoms with E-state index in [0.29, 0.717) is 6.04 Å². The van der Waals surface area contributed by atoms with E-state index in [2.05, 4.69) is 9.80 Å². The van der Waals surface area contributed by atoms with E-state index in [4.69, 9.17) is 5.73 Å². The van der Waals surface area contributed by atoms with Gasteiger partial charge in [-0.25, -0.2) is 0 Å². The molecule has 0 bridgehead atoms. The number of amides is 1. The minimum atomic E-state index is -0.0761. The highest BCUT2D eigenvalue weighted by Gasteiger charge is 2.30. The van der Waals surface area contributed by atoms with Crippen LogP contribution < -0.4 is 5.73 Å². The summed E-state index contributed by atoms with van der Waals surface area (Å²) in [6, 6.07) is 0.374. The molecule has 0 aromatic heterocycles. The molecule has 2 N–H and O–H groups in total. The van der Waals surface area contributed by atoms with Gasteiger partial charge in [-0.3, -0.25) is 4.79 Å². The molecule has 0 saturated heterocycles. The fraction of sp³-hybridized carbons (Fsp3) is 0.929. The first-order chi connectivity index (χ1) is 8.43. The maximum atomic E-state index is 12.5. The van der Waals surface area contributed by atoms with E-state index in [0.717, 1.165) is 25.9 Å². The van der Waals surface area contributed by atoms with E-state index in [1.165, 1.54) is 12.8 Å². The SMILES string of the molecule is CC(N)C(C)C(=O)N(CCN(C)C)C1CCCC1.Cl. The van der Waals surface area contributed by atoms with Crippen LogP contribution in [0.3, 0.4) is 0 Å². The summed E-state index contributed by atoms with van der Waals surface area (Å²) in [5.74, 6) is 0.159. The molecule has 1 aliphatic carbocycles. The number of nitrogens with two attached hydrogens (primary N) is 1. The van der Waals surface area contributed by atoms with Gasteiger partial charge in [0.1, 0.15) is 0 Å². The van der Waals surface area contributed by atoms with Gasteiger partial charge in [-0.05, 0) is 33.9 Å². The van der Waals surface area contributed by atoms with Gasteiger partial charge in [0.2, 0.25) is 5.91 Å². The van der Waals surface area contributed by atoms with Crippen LogP contribution in [0.4, 0.5) is 0 Å². The van der Waals surface area contributed by atoms with Crippen LogP contribution in [0.25, 0.3) is 0 Å². The lowest BCUT2D eigenvalue weighted by Gasteiger charge is -2.33. The fourth-order valence-electron chi connectivity index (χ4n) is 2.48. The highest BCUT2D eigenvalue weighted by molar-refractivity contribution is 5.85. The largest absolute Gasteiger partial charge is 0.338 e. The van der Waals surface area contributed by atoms with Crippen molar-refractivity contribution in [3.05, 3.63) is 0 Å². The van der Waals surface area contributed by atoms with E-state index in [9.17, 15) is 4.79 Å². The molecule has 4 nitrogen and oxygen atoms in total. The molecule has 5 heteroatoms. The number of carbonyl (C=O) groups excluding carboxylic acids is 1. The number of hydrogen-bond donors (Lipinski definition) is 1. The molecule has 0 radical (unpaired) electrons. The molecule has 1 rings (SSSR count). The van der Waals surface area contributed by atoms with Crippen LogP contribution in [0.15, 0.2) is 0 Å². The third-order valence-electron chi connectivity index (χ3n) is 4.01. The number of rotatable bonds is 6. The summed E-state index contributed by atoms with van der Waals surface area (Å²) in [4.78, 5) is 16.7. The monoisotopic (exact) mass is 291 g/mol. The Balaban J connectivity index is 0.00000324. The van der Waals surface area contributed by atoms with Gasteiger partial charge in [0.15, 0.2) is 0 Å². The molecule has 0 heterocycles. The van der Waals surface area contributed by atoms with Crippen molar-refractivity contribution in [3.63, 3.8) is 0 Å². The summed E-state index contributed by atoms with van der Waals surface area (Å²) >= 11 is 0. The van der Waals surface area contributed by atoms with Crippen LogP contribution in [0, 0.1) is 5.92 Å². The molecule has 1 amide bonds. The minimum absolute atomic E-state index is 0. The average Bonchev–Trinajstić information content (AvgIpc) is 2.81. The zero-order valence-corrected chi connectivity index (χ0v) is 13.6. The Morgan fingerprint density at radius 2 is 1.74 bits per heavy atom. The predicted octanol–water partition coefficient (Wildman–Crippen LogP) is 1.72. The Morgan fingerprint density at radius 3 is 2.16 bits per heavy atom. The molecule has 114 valence electrons. The van der Waals surface area contributed by atoms with Gasteiger partial charge in [0.25, 0.3) is 0 Å². The Morgan fingerprint density at radius 1 is 1.21 bits per heavy atom. The first-order valence-electron chi connectivity index (χ1n) is 7.14. The molecular formula is C14H30ClN3O. The number of nitrogens with zero attached hydrogens (tertiary/aromatic N) is 2. The maximum Gasteiger partial charge on any atom is 0.227 e. The van der Waals surface area contributed by atoms with E-state index in [-0.39, 0.29) is 30.3 Å². The molecule has 1 aliphatic rings. The number of likely N-dealkylation sites (N-methyl/N-ethyl adjacent to an activating group) is 1. The second-order valence-electron chi connectivity index (χ2n) is 5.92. The van der Waals surface area contributed by atoms with Crippen LogP contribution in [0.1, 0.15) is 39.5 Å². The summed E-state index contributed by atoms with van der Waals surface area (Å²) in [6.45, 7) is 5.62. The van der Waals surface area contributed by atoms with Crippen molar-refractivity contribution >= 4 is 18.3 Å². The maximum absolute atomic E-state index is 12.5. The highest BCUT2D eigenvalue weighted by atomic mass is 35.5. The van der Waals surface area contributed by atoms with Gasteiger partial charge in [-0.2, -0.15) is 0 Å². The zero-order chi connectivity index (χ0) is 13.7. The molecule has 1 fully saturated rings. The Hall–Kier alpha value is -0.320. The van der Waals surface area contributed by atoms with Crippen LogP contribution in [0.5, 0.6) is 0 Å². The summed E-state index contributed by atoms with van der Waals surface area (Å²) in [5, 5.41) is 0. The van der Waals surface area contributed by atoms with Gasteiger partial charge in [-0.1, -0.05) is 19.8 Å². The van der Waals surface area contributed by atoms with Gasteiger partial charge >= 0.3 is 0 Å². The van der Waals surface area contributed by atoms with E-state index in [1.54, 1.807) is 0 Å². The Labute approximate surface area is 124 Å². The predicted molar refractivity (Wildman–Crippen MR) is 82.6 cm³/mol. The Kier molecular flexibility index (Phi) is 8.62. The summed E-state index contributed by atoms with van der Waals surface area (Å²) in [5.41, 5.74) is 5.87. The number of halogens is 1. The van der Waals surface area contributed by atoms with Crippen molar-refractivity contribution in [2.75, 3.05) is 27.2 Å². The van der Waals surface area contributed by atoms with E-state index in [1.807, 2.05) is 27.9 Å². The van der Waals surface area contributed by atoms with Crippen LogP contribution in [-0.2, 0) is 4.79 Å². The number of carbonyl (C=O) groups is 1. The van der Waals surface area contributed by atoms with Crippen molar-refractivity contribution in [1.29, 1.82) is 0 Å². The molecule has 0 spiro atoms. The molecule has 0 aliphatic heterocycles. The van der Waals surface area contributed by atoms with Gasteiger partial charge < -0.3 is 15.5 Å². The first kappa shape index (κ1) is 18.7. The number of hydrogen-bond acceptors (Lipinski definition) is 3. The molecule has 0 aromatic carbocycles. The molecule has 2 unspecified atom stereocenters. The smallest absolute Gasteiger partial charge is 0.227 e. The lowest BCUT2D eigenvalue weighted by molar-refractivity contribution is -0.138. The van der Waals surface area contributed by atoms with Crippen molar-refractivity contribution in [2.45, 2.75) is 51.6 Å². The summed E-state index contributed by atoms with van der Waals surface area (Å²) in [7, 11) is 4.10. The van der Waals surface area contributed by atoms with E-state index >= 15 is 0 Å².